The largest absolute Gasteiger partial charge is 0.351 e. The van der Waals surface area contributed by atoms with Gasteiger partial charge in [-0.05, 0) is 50.2 Å². The Kier molecular flexibility index (Phi) is 4.36. The number of para-hydroxylation sites is 1. The molecule has 2 aliphatic carbocycles. The van der Waals surface area contributed by atoms with Crippen molar-refractivity contribution in [3.8, 4) is 0 Å². The third-order valence-corrected chi connectivity index (χ3v) is 6.41. The topological polar surface area (TPSA) is 66.5 Å². The molecule has 0 aromatic heterocycles. The van der Waals surface area contributed by atoms with Gasteiger partial charge in [0.15, 0.2) is 0 Å². The molecular weight excluding hydrogens is 312 g/mol. The maximum atomic E-state index is 12.6. The first-order valence-corrected chi connectivity index (χ1v) is 10.1. The molecule has 1 amide bonds. The Morgan fingerprint density at radius 3 is 2.43 bits per heavy atom. The average molecular weight is 336 g/mol. The fraction of sp³-hybridized carbons (Fsp3) is 0.588. The number of sulfonamides is 1. The number of rotatable bonds is 5. The Bertz CT molecular complexity index is 674. The van der Waals surface area contributed by atoms with Crippen molar-refractivity contribution in [1.82, 2.24) is 5.32 Å². The summed E-state index contributed by atoms with van der Waals surface area (Å²) in [5.74, 6) is 1.09. The molecule has 5 nitrogen and oxygen atoms in total. The Morgan fingerprint density at radius 2 is 1.91 bits per heavy atom. The maximum Gasteiger partial charge on any atom is 0.243 e. The molecule has 6 heteroatoms. The van der Waals surface area contributed by atoms with E-state index >= 15 is 0 Å². The zero-order chi connectivity index (χ0) is 16.6. The van der Waals surface area contributed by atoms with Crippen LogP contribution in [-0.4, -0.2) is 32.7 Å². The van der Waals surface area contributed by atoms with Crippen LogP contribution in [0.1, 0.15) is 32.6 Å². The van der Waals surface area contributed by atoms with Crippen molar-refractivity contribution < 1.29 is 13.2 Å². The number of nitrogens with one attached hydrogen (secondary N) is 1. The minimum atomic E-state index is -3.53. The van der Waals surface area contributed by atoms with E-state index in [4.69, 9.17) is 0 Å². The normalized spacial score (nSPS) is 27.7. The van der Waals surface area contributed by atoms with Gasteiger partial charge in [0.05, 0.1) is 11.9 Å². The number of carbonyl (C=O) groups excluding carboxylic acids is 1. The minimum absolute atomic E-state index is 0.209. The van der Waals surface area contributed by atoms with Gasteiger partial charge in [-0.1, -0.05) is 24.6 Å². The van der Waals surface area contributed by atoms with E-state index < -0.39 is 16.1 Å². The molecule has 2 aliphatic rings. The van der Waals surface area contributed by atoms with E-state index in [1.165, 1.54) is 23.6 Å². The SMILES string of the molecule is C[C@H](C(=O)N[C@H]1C[C@@H]2CC[C@@H]1C2)N(c1ccccc1)S(C)(=O)=O. The summed E-state index contributed by atoms with van der Waals surface area (Å²) in [7, 11) is -3.53. The van der Waals surface area contributed by atoms with Crippen LogP contribution < -0.4 is 9.62 Å². The van der Waals surface area contributed by atoms with Crippen molar-refractivity contribution >= 4 is 21.6 Å². The monoisotopic (exact) mass is 336 g/mol. The van der Waals surface area contributed by atoms with Crippen molar-refractivity contribution in [2.45, 2.75) is 44.7 Å². The third kappa shape index (κ3) is 3.37. The number of hydrogen-bond acceptors (Lipinski definition) is 3. The molecule has 0 unspecified atom stereocenters. The number of nitrogens with zero attached hydrogens (tertiary/aromatic N) is 1. The van der Waals surface area contributed by atoms with E-state index in [1.807, 2.05) is 6.07 Å². The van der Waals surface area contributed by atoms with Crippen LogP contribution >= 0.6 is 0 Å². The van der Waals surface area contributed by atoms with E-state index in [0.29, 0.717) is 11.6 Å². The number of anilines is 1. The van der Waals surface area contributed by atoms with Crippen LogP contribution in [0.5, 0.6) is 0 Å². The van der Waals surface area contributed by atoms with Crippen LogP contribution in [0.3, 0.4) is 0 Å². The number of fused-ring (bicyclic) bond motifs is 2. The second kappa shape index (κ2) is 6.15. The average Bonchev–Trinajstić information content (AvgIpc) is 3.09. The highest BCUT2D eigenvalue weighted by molar-refractivity contribution is 7.92. The quantitative estimate of drug-likeness (QED) is 0.896. The summed E-state index contributed by atoms with van der Waals surface area (Å²) in [6.07, 6.45) is 5.83. The van der Waals surface area contributed by atoms with Crippen LogP contribution in [0.25, 0.3) is 0 Å². The van der Waals surface area contributed by atoms with Gasteiger partial charge < -0.3 is 5.32 Å². The summed E-state index contributed by atoms with van der Waals surface area (Å²) in [6, 6.07) is 8.24. The van der Waals surface area contributed by atoms with Gasteiger partial charge in [-0.2, -0.15) is 0 Å². The predicted molar refractivity (Wildman–Crippen MR) is 90.6 cm³/mol. The fourth-order valence-electron chi connectivity index (χ4n) is 4.11. The van der Waals surface area contributed by atoms with Crippen molar-refractivity contribution in [2.75, 3.05) is 10.6 Å². The Labute approximate surface area is 138 Å². The Hall–Kier alpha value is -1.56. The van der Waals surface area contributed by atoms with E-state index in [9.17, 15) is 13.2 Å². The van der Waals surface area contributed by atoms with Crippen LogP contribution in [0, 0.1) is 11.8 Å². The molecule has 0 heterocycles. The maximum absolute atomic E-state index is 12.6. The summed E-state index contributed by atoms with van der Waals surface area (Å²) in [6.45, 7) is 1.65. The highest BCUT2D eigenvalue weighted by atomic mass is 32.2. The highest BCUT2D eigenvalue weighted by Crippen LogP contribution is 2.44. The molecule has 0 saturated heterocycles. The summed E-state index contributed by atoms with van der Waals surface area (Å²) in [5, 5.41) is 3.09. The van der Waals surface area contributed by atoms with E-state index in [1.54, 1.807) is 31.2 Å². The lowest BCUT2D eigenvalue weighted by molar-refractivity contribution is -0.122. The van der Waals surface area contributed by atoms with Crippen LogP contribution in [0.4, 0.5) is 5.69 Å². The molecule has 4 atom stereocenters. The summed E-state index contributed by atoms with van der Waals surface area (Å²) < 4.78 is 25.6. The molecule has 2 saturated carbocycles. The molecule has 2 fully saturated rings. The molecular formula is C17H24N2O3S. The van der Waals surface area contributed by atoms with Crippen molar-refractivity contribution in [1.29, 1.82) is 0 Å². The molecule has 1 N–H and O–H groups in total. The fourth-order valence-corrected chi connectivity index (χ4v) is 5.28. The van der Waals surface area contributed by atoms with Gasteiger partial charge in [-0.3, -0.25) is 9.10 Å². The van der Waals surface area contributed by atoms with Crippen molar-refractivity contribution in [2.24, 2.45) is 11.8 Å². The second-order valence-corrected chi connectivity index (χ2v) is 8.72. The van der Waals surface area contributed by atoms with E-state index in [2.05, 4.69) is 5.32 Å². The lowest BCUT2D eigenvalue weighted by Crippen LogP contribution is -2.51. The molecule has 1 aromatic rings. The van der Waals surface area contributed by atoms with Crippen molar-refractivity contribution in [3.05, 3.63) is 30.3 Å². The first-order valence-electron chi connectivity index (χ1n) is 8.21. The number of carbonyl (C=O) groups is 1. The molecule has 0 spiro atoms. The van der Waals surface area contributed by atoms with Crippen LogP contribution in [0.15, 0.2) is 30.3 Å². The van der Waals surface area contributed by atoms with E-state index in [0.717, 1.165) is 18.6 Å². The predicted octanol–water partition coefficient (Wildman–Crippen LogP) is 2.15. The molecule has 1 aromatic carbocycles. The molecule has 23 heavy (non-hydrogen) atoms. The Morgan fingerprint density at radius 1 is 1.22 bits per heavy atom. The standard InChI is InChI=1S/C17H24N2O3S/c1-12(17(20)18-16-11-13-8-9-14(16)10-13)19(23(2,21)22)15-6-4-3-5-7-15/h3-7,12-14,16H,8-11H2,1-2H3,(H,18,20)/t12-,13-,14-,16+/m1/s1. The first-order chi connectivity index (χ1) is 10.9. The minimum Gasteiger partial charge on any atom is -0.351 e. The van der Waals surface area contributed by atoms with Gasteiger partial charge in [-0.25, -0.2) is 8.42 Å². The second-order valence-electron chi connectivity index (χ2n) is 6.86. The summed E-state index contributed by atoms with van der Waals surface area (Å²) in [4.78, 5) is 12.6. The molecule has 0 aliphatic heterocycles. The molecule has 2 bridgehead atoms. The molecule has 3 rings (SSSR count). The van der Waals surface area contributed by atoms with Gasteiger partial charge in [0, 0.05) is 6.04 Å². The first kappa shape index (κ1) is 16.3. The summed E-state index contributed by atoms with van der Waals surface area (Å²) in [5.41, 5.74) is 0.519. The van der Waals surface area contributed by atoms with E-state index in [-0.39, 0.29) is 11.9 Å². The highest BCUT2D eigenvalue weighted by Gasteiger charge is 2.41. The van der Waals surface area contributed by atoms with Gasteiger partial charge >= 0.3 is 0 Å². The van der Waals surface area contributed by atoms with Crippen LogP contribution in [0.2, 0.25) is 0 Å². The molecule has 126 valence electrons. The lowest BCUT2D eigenvalue weighted by atomic mass is 9.95. The zero-order valence-electron chi connectivity index (χ0n) is 13.6. The Balaban J connectivity index is 1.75. The van der Waals surface area contributed by atoms with Gasteiger partial charge in [-0.15, -0.1) is 0 Å². The van der Waals surface area contributed by atoms with Gasteiger partial charge in [0.2, 0.25) is 15.9 Å². The molecule has 0 radical (unpaired) electrons. The number of amides is 1. The lowest BCUT2D eigenvalue weighted by Gasteiger charge is -2.30. The number of benzene rings is 1. The zero-order valence-corrected chi connectivity index (χ0v) is 14.4. The number of hydrogen-bond donors (Lipinski definition) is 1. The van der Waals surface area contributed by atoms with Crippen molar-refractivity contribution in [3.63, 3.8) is 0 Å². The smallest absolute Gasteiger partial charge is 0.243 e. The van der Waals surface area contributed by atoms with Crippen LogP contribution in [-0.2, 0) is 14.8 Å². The van der Waals surface area contributed by atoms with Gasteiger partial charge in [0.25, 0.3) is 0 Å². The summed E-state index contributed by atoms with van der Waals surface area (Å²) >= 11 is 0. The third-order valence-electron chi connectivity index (χ3n) is 5.16. The van der Waals surface area contributed by atoms with Gasteiger partial charge in [0.1, 0.15) is 6.04 Å².